The first-order valence-electron chi connectivity index (χ1n) is 12.0. The molecule has 0 fully saturated rings. The van der Waals surface area contributed by atoms with E-state index in [4.69, 9.17) is 21.6 Å². The Morgan fingerprint density at radius 2 is 1.61 bits per heavy atom. The SMILES string of the molecule is N#Cc1ccc(Cn2cnnc2CN(Cc2c(F)cccc2Cl)c2ccc(Oc3ccccc3)cc2)cc1. The van der Waals surface area contributed by atoms with Crippen LogP contribution in [0.5, 0.6) is 11.5 Å². The smallest absolute Gasteiger partial charge is 0.152 e. The fourth-order valence-electron chi connectivity index (χ4n) is 4.05. The van der Waals surface area contributed by atoms with Crippen molar-refractivity contribution in [3.05, 3.63) is 137 Å². The summed E-state index contributed by atoms with van der Waals surface area (Å²) in [6.45, 7) is 1.13. The fraction of sp³-hybridized carbons (Fsp3) is 0.100. The van der Waals surface area contributed by atoms with Crippen molar-refractivity contribution in [2.45, 2.75) is 19.6 Å². The molecular weight excluding hydrogens is 501 g/mol. The summed E-state index contributed by atoms with van der Waals surface area (Å²) in [6.07, 6.45) is 1.67. The van der Waals surface area contributed by atoms with E-state index in [2.05, 4.69) is 16.3 Å². The van der Waals surface area contributed by atoms with Crippen LogP contribution >= 0.6 is 11.6 Å². The summed E-state index contributed by atoms with van der Waals surface area (Å²) < 4.78 is 22.6. The van der Waals surface area contributed by atoms with E-state index in [1.807, 2.05) is 76.2 Å². The molecule has 5 aromatic rings. The molecule has 0 saturated heterocycles. The lowest BCUT2D eigenvalue weighted by atomic mass is 10.1. The number of hydrogen-bond donors (Lipinski definition) is 0. The molecule has 0 aliphatic rings. The number of nitrogens with zero attached hydrogens (tertiary/aromatic N) is 5. The largest absolute Gasteiger partial charge is 0.457 e. The topological polar surface area (TPSA) is 67.0 Å². The number of rotatable bonds is 9. The van der Waals surface area contributed by atoms with Crippen molar-refractivity contribution < 1.29 is 9.13 Å². The van der Waals surface area contributed by atoms with Gasteiger partial charge >= 0.3 is 0 Å². The first kappa shape index (κ1) is 25.0. The monoisotopic (exact) mass is 523 g/mol. The maximum Gasteiger partial charge on any atom is 0.152 e. The van der Waals surface area contributed by atoms with Crippen LogP contribution in [0.3, 0.4) is 0 Å². The molecule has 6 nitrogen and oxygen atoms in total. The van der Waals surface area contributed by atoms with Gasteiger partial charge in [-0.15, -0.1) is 10.2 Å². The Labute approximate surface area is 225 Å². The van der Waals surface area contributed by atoms with Gasteiger partial charge in [-0.1, -0.05) is 48.0 Å². The van der Waals surface area contributed by atoms with Gasteiger partial charge in [0.15, 0.2) is 5.82 Å². The zero-order valence-corrected chi connectivity index (χ0v) is 21.1. The highest BCUT2D eigenvalue weighted by Crippen LogP contribution is 2.28. The molecule has 0 unspecified atom stereocenters. The lowest BCUT2D eigenvalue weighted by molar-refractivity contribution is 0.482. The van der Waals surface area contributed by atoms with Gasteiger partial charge < -0.3 is 14.2 Å². The van der Waals surface area contributed by atoms with E-state index < -0.39 is 0 Å². The van der Waals surface area contributed by atoms with Crippen LogP contribution in [0.15, 0.2) is 103 Å². The first-order chi connectivity index (χ1) is 18.6. The molecule has 1 aromatic heterocycles. The molecule has 1 heterocycles. The number of benzene rings is 4. The van der Waals surface area contributed by atoms with Crippen LogP contribution in [-0.4, -0.2) is 14.8 Å². The van der Waals surface area contributed by atoms with Crippen LogP contribution < -0.4 is 9.64 Å². The van der Waals surface area contributed by atoms with E-state index >= 15 is 0 Å². The Morgan fingerprint density at radius 1 is 0.868 bits per heavy atom. The van der Waals surface area contributed by atoms with Gasteiger partial charge in [-0.2, -0.15) is 5.26 Å². The van der Waals surface area contributed by atoms with Crippen LogP contribution in [0.2, 0.25) is 5.02 Å². The lowest BCUT2D eigenvalue weighted by Crippen LogP contribution is -2.25. The van der Waals surface area contributed by atoms with Crippen molar-refractivity contribution in [1.29, 1.82) is 5.26 Å². The van der Waals surface area contributed by atoms with E-state index in [0.29, 0.717) is 40.8 Å². The van der Waals surface area contributed by atoms with Crippen LogP contribution in [-0.2, 0) is 19.6 Å². The standard InChI is InChI=1S/C30H23ClFN5O/c31-28-7-4-8-29(32)27(28)19-36(24-13-15-26(16-14-24)38-25-5-2-1-3-6-25)20-30-35-34-21-37(30)18-23-11-9-22(17-33)10-12-23/h1-16,21H,18-20H2. The van der Waals surface area contributed by atoms with Crippen LogP contribution in [0.4, 0.5) is 10.1 Å². The molecular formula is C30H23ClFN5O. The fourth-order valence-corrected chi connectivity index (χ4v) is 4.27. The maximum absolute atomic E-state index is 14.8. The molecule has 5 rings (SSSR count). The van der Waals surface area contributed by atoms with Gasteiger partial charge in [0.1, 0.15) is 23.6 Å². The molecule has 0 N–H and O–H groups in total. The maximum atomic E-state index is 14.8. The van der Waals surface area contributed by atoms with Gasteiger partial charge in [0.25, 0.3) is 0 Å². The normalized spacial score (nSPS) is 10.7. The third-order valence-corrected chi connectivity index (χ3v) is 6.41. The minimum absolute atomic E-state index is 0.230. The lowest BCUT2D eigenvalue weighted by Gasteiger charge is -2.26. The first-order valence-corrected chi connectivity index (χ1v) is 12.3. The second-order valence-electron chi connectivity index (χ2n) is 8.65. The van der Waals surface area contributed by atoms with Gasteiger partial charge in [-0.05, 0) is 66.2 Å². The minimum atomic E-state index is -0.370. The molecule has 188 valence electrons. The highest BCUT2D eigenvalue weighted by molar-refractivity contribution is 6.31. The molecule has 0 saturated carbocycles. The summed E-state index contributed by atoms with van der Waals surface area (Å²) in [4.78, 5) is 2.00. The Kier molecular flexibility index (Phi) is 7.62. The average molecular weight is 524 g/mol. The molecule has 0 aliphatic carbocycles. The zero-order chi connectivity index (χ0) is 26.3. The van der Waals surface area contributed by atoms with E-state index in [1.54, 1.807) is 30.6 Å². The summed E-state index contributed by atoms with van der Waals surface area (Å²) in [5, 5.41) is 17.9. The van der Waals surface area contributed by atoms with Crippen LogP contribution in [0.1, 0.15) is 22.5 Å². The predicted molar refractivity (Wildman–Crippen MR) is 145 cm³/mol. The van der Waals surface area contributed by atoms with E-state index in [-0.39, 0.29) is 12.4 Å². The zero-order valence-electron chi connectivity index (χ0n) is 20.3. The van der Waals surface area contributed by atoms with Crippen molar-refractivity contribution in [3.63, 3.8) is 0 Å². The highest BCUT2D eigenvalue weighted by Gasteiger charge is 2.17. The molecule has 4 aromatic carbocycles. The van der Waals surface area contributed by atoms with Crippen LogP contribution in [0, 0.1) is 17.1 Å². The average Bonchev–Trinajstić information content (AvgIpc) is 3.38. The molecule has 38 heavy (non-hydrogen) atoms. The van der Waals surface area contributed by atoms with E-state index in [1.165, 1.54) is 6.07 Å². The van der Waals surface area contributed by atoms with E-state index in [9.17, 15) is 4.39 Å². The molecule has 0 atom stereocenters. The molecule has 0 aliphatic heterocycles. The molecule has 0 bridgehead atoms. The summed E-state index contributed by atoms with van der Waals surface area (Å²) in [6, 6.07) is 31.3. The van der Waals surface area contributed by atoms with Gasteiger partial charge in [0, 0.05) is 22.8 Å². The second kappa shape index (κ2) is 11.6. The molecule has 0 radical (unpaired) electrons. The van der Waals surface area contributed by atoms with Crippen molar-refractivity contribution in [2.75, 3.05) is 4.90 Å². The number of anilines is 1. The van der Waals surface area contributed by atoms with Crippen molar-refractivity contribution in [2.24, 2.45) is 0 Å². The predicted octanol–water partition coefficient (Wildman–Crippen LogP) is 6.99. The minimum Gasteiger partial charge on any atom is -0.457 e. The summed E-state index contributed by atoms with van der Waals surface area (Å²) in [7, 11) is 0. The number of hydrogen-bond acceptors (Lipinski definition) is 5. The van der Waals surface area contributed by atoms with Gasteiger partial charge in [0.2, 0.25) is 0 Å². The Balaban J connectivity index is 1.41. The Morgan fingerprint density at radius 3 is 2.32 bits per heavy atom. The molecule has 0 amide bonds. The molecule has 0 spiro atoms. The van der Waals surface area contributed by atoms with Crippen molar-refractivity contribution >= 4 is 17.3 Å². The van der Waals surface area contributed by atoms with E-state index in [0.717, 1.165) is 17.0 Å². The highest BCUT2D eigenvalue weighted by atomic mass is 35.5. The van der Waals surface area contributed by atoms with Crippen molar-refractivity contribution in [3.8, 4) is 17.6 Å². The van der Waals surface area contributed by atoms with Gasteiger partial charge in [-0.25, -0.2) is 4.39 Å². The molecule has 8 heteroatoms. The Hall–Kier alpha value is -4.67. The summed E-state index contributed by atoms with van der Waals surface area (Å²) >= 11 is 6.38. The third kappa shape index (κ3) is 6.00. The summed E-state index contributed by atoms with van der Waals surface area (Å²) in [5.41, 5.74) is 2.86. The third-order valence-electron chi connectivity index (χ3n) is 6.06. The Bertz CT molecular complexity index is 1530. The number of halogens is 2. The number of nitriles is 1. The quantitative estimate of drug-likeness (QED) is 0.208. The second-order valence-corrected chi connectivity index (χ2v) is 9.06. The number of aromatic nitrogens is 3. The summed E-state index contributed by atoms with van der Waals surface area (Å²) in [5.74, 6) is 1.76. The van der Waals surface area contributed by atoms with Gasteiger partial charge in [-0.3, -0.25) is 0 Å². The van der Waals surface area contributed by atoms with Gasteiger partial charge in [0.05, 0.1) is 24.7 Å². The van der Waals surface area contributed by atoms with Crippen LogP contribution in [0.25, 0.3) is 0 Å². The van der Waals surface area contributed by atoms with Crippen molar-refractivity contribution in [1.82, 2.24) is 14.8 Å². The number of para-hydroxylation sites is 1. The number of ether oxygens (including phenoxy) is 1.